The molecule has 0 aliphatic carbocycles. The van der Waals surface area contributed by atoms with Gasteiger partial charge in [-0.1, -0.05) is 41.9 Å². The maximum Gasteiger partial charge on any atom is 0.132 e. The lowest BCUT2D eigenvalue weighted by atomic mass is 10.2. The third kappa shape index (κ3) is 3.03. The highest BCUT2D eigenvalue weighted by molar-refractivity contribution is 6.35. The molecule has 0 bridgehead atoms. The molecule has 1 N–H and O–H groups in total. The molecule has 5 heteroatoms. The molecule has 2 aromatic carbocycles. The Bertz CT molecular complexity index is 862. The number of halogens is 1. The van der Waals surface area contributed by atoms with E-state index in [1.54, 1.807) is 0 Å². The summed E-state index contributed by atoms with van der Waals surface area (Å²) in [5, 5.41) is 5.09. The Labute approximate surface area is 146 Å². The lowest BCUT2D eigenvalue weighted by molar-refractivity contribution is 0.123. The minimum atomic E-state index is 0.701. The predicted molar refractivity (Wildman–Crippen MR) is 99.5 cm³/mol. The van der Waals surface area contributed by atoms with E-state index in [0.717, 1.165) is 54.4 Å². The summed E-state index contributed by atoms with van der Waals surface area (Å²) in [6.45, 7) is 3.30. The van der Waals surface area contributed by atoms with Crippen LogP contribution in [0.5, 0.6) is 0 Å². The van der Waals surface area contributed by atoms with Gasteiger partial charge in [-0.25, -0.2) is 4.98 Å². The normalized spacial score (nSPS) is 14.8. The Morgan fingerprint density at radius 1 is 1.00 bits per heavy atom. The van der Waals surface area contributed by atoms with Gasteiger partial charge >= 0.3 is 0 Å². The summed E-state index contributed by atoms with van der Waals surface area (Å²) >= 11 is 6.41. The van der Waals surface area contributed by atoms with E-state index in [0.29, 0.717) is 5.02 Å². The number of ether oxygens (including phenoxy) is 1. The van der Waals surface area contributed by atoms with Gasteiger partial charge in [0.25, 0.3) is 0 Å². The first-order chi connectivity index (χ1) is 11.8. The van der Waals surface area contributed by atoms with Crippen LogP contribution >= 0.6 is 11.6 Å². The Balaban J connectivity index is 1.68. The molecule has 0 saturated carbocycles. The zero-order chi connectivity index (χ0) is 16.4. The van der Waals surface area contributed by atoms with Crippen molar-refractivity contribution in [3.63, 3.8) is 0 Å². The van der Waals surface area contributed by atoms with Crippen LogP contribution in [-0.2, 0) is 4.74 Å². The quantitative estimate of drug-likeness (QED) is 0.764. The van der Waals surface area contributed by atoms with Gasteiger partial charge in [0, 0.05) is 24.5 Å². The maximum atomic E-state index is 6.41. The molecule has 122 valence electrons. The molecular weight excluding hydrogens is 322 g/mol. The van der Waals surface area contributed by atoms with Crippen LogP contribution in [-0.4, -0.2) is 31.3 Å². The van der Waals surface area contributed by atoms with Crippen LogP contribution in [0.4, 0.5) is 17.2 Å². The molecule has 0 amide bonds. The number of fused-ring (bicyclic) bond motifs is 1. The van der Waals surface area contributed by atoms with Crippen molar-refractivity contribution in [2.24, 2.45) is 0 Å². The SMILES string of the molecule is Clc1cc(Nc2ccccc2N2CCOCC2)nc2ccccc12. The van der Waals surface area contributed by atoms with Crippen LogP contribution in [0.15, 0.2) is 54.6 Å². The van der Waals surface area contributed by atoms with E-state index in [2.05, 4.69) is 33.4 Å². The van der Waals surface area contributed by atoms with Gasteiger partial charge in [-0.15, -0.1) is 0 Å². The summed E-state index contributed by atoms with van der Waals surface area (Å²) in [7, 11) is 0. The molecule has 0 atom stereocenters. The van der Waals surface area contributed by atoms with Gasteiger partial charge in [-0.3, -0.25) is 0 Å². The van der Waals surface area contributed by atoms with Crippen LogP contribution in [0.3, 0.4) is 0 Å². The fraction of sp³-hybridized carbons (Fsp3) is 0.211. The number of rotatable bonds is 3. The Kier molecular flexibility index (Phi) is 4.24. The lowest BCUT2D eigenvalue weighted by Gasteiger charge is -2.30. The van der Waals surface area contributed by atoms with Crippen molar-refractivity contribution < 1.29 is 4.74 Å². The number of nitrogens with one attached hydrogen (secondary N) is 1. The number of hydrogen-bond acceptors (Lipinski definition) is 4. The molecule has 1 saturated heterocycles. The second kappa shape index (κ2) is 6.67. The molecule has 3 aromatic rings. The number of anilines is 3. The summed E-state index contributed by atoms with van der Waals surface area (Å²) in [5.41, 5.74) is 3.07. The van der Waals surface area contributed by atoms with E-state index >= 15 is 0 Å². The van der Waals surface area contributed by atoms with Crippen molar-refractivity contribution >= 4 is 39.7 Å². The molecule has 4 rings (SSSR count). The average Bonchev–Trinajstić information content (AvgIpc) is 2.63. The molecule has 4 nitrogen and oxygen atoms in total. The topological polar surface area (TPSA) is 37.4 Å². The highest BCUT2D eigenvalue weighted by Crippen LogP contribution is 2.31. The van der Waals surface area contributed by atoms with Crippen molar-refractivity contribution in [1.82, 2.24) is 4.98 Å². The number of benzene rings is 2. The number of aromatic nitrogens is 1. The molecule has 1 aliphatic heterocycles. The lowest BCUT2D eigenvalue weighted by Crippen LogP contribution is -2.36. The second-order valence-corrected chi connectivity index (χ2v) is 6.16. The van der Waals surface area contributed by atoms with Crippen molar-refractivity contribution in [2.45, 2.75) is 0 Å². The predicted octanol–water partition coefficient (Wildman–Crippen LogP) is 4.47. The monoisotopic (exact) mass is 339 g/mol. The van der Waals surface area contributed by atoms with Gasteiger partial charge in [0.2, 0.25) is 0 Å². The number of morpholine rings is 1. The highest BCUT2D eigenvalue weighted by Gasteiger charge is 2.15. The molecule has 1 aromatic heterocycles. The standard InChI is InChI=1S/C19H18ClN3O/c20-15-13-19(21-16-6-2-1-5-14(15)16)22-17-7-3-4-8-18(17)23-9-11-24-12-10-23/h1-8,13H,9-12H2,(H,21,22). The molecular formula is C19H18ClN3O. The molecule has 1 fully saturated rings. The number of hydrogen-bond donors (Lipinski definition) is 1. The zero-order valence-electron chi connectivity index (χ0n) is 13.2. The summed E-state index contributed by atoms with van der Waals surface area (Å²) in [5.74, 6) is 0.749. The van der Waals surface area contributed by atoms with E-state index in [1.807, 2.05) is 36.4 Å². The summed E-state index contributed by atoms with van der Waals surface area (Å²) < 4.78 is 5.45. The smallest absolute Gasteiger partial charge is 0.132 e. The minimum absolute atomic E-state index is 0.701. The van der Waals surface area contributed by atoms with Crippen LogP contribution in [0.25, 0.3) is 10.9 Å². The molecule has 0 unspecified atom stereocenters. The van der Waals surface area contributed by atoms with E-state index in [9.17, 15) is 0 Å². The van der Waals surface area contributed by atoms with Gasteiger partial charge < -0.3 is 15.0 Å². The number of para-hydroxylation sites is 3. The van der Waals surface area contributed by atoms with Crippen molar-refractivity contribution in [3.05, 3.63) is 59.6 Å². The molecule has 24 heavy (non-hydrogen) atoms. The van der Waals surface area contributed by atoms with Gasteiger partial charge in [-0.05, 0) is 18.2 Å². The van der Waals surface area contributed by atoms with Crippen LogP contribution in [0.1, 0.15) is 0 Å². The number of nitrogens with zero attached hydrogens (tertiary/aromatic N) is 2. The van der Waals surface area contributed by atoms with Crippen LogP contribution < -0.4 is 10.2 Å². The van der Waals surface area contributed by atoms with Gasteiger partial charge in [-0.2, -0.15) is 0 Å². The van der Waals surface area contributed by atoms with E-state index in [4.69, 9.17) is 16.3 Å². The zero-order valence-corrected chi connectivity index (χ0v) is 14.0. The first kappa shape index (κ1) is 15.2. The average molecular weight is 340 g/mol. The Morgan fingerprint density at radius 2 is 1.75 bits per heavy atom. The molecule has 0 spiro atoms. The summed E-state index contributed by atoms with van der Waals surface area (Å²) in [6, 6.07) is 18.0. The second-order valence-electron chi connectivity index (χ2n) is 5.75. The third-order valence-electron chi connectivity index (χ3n) is 4.18. The largest absolute Gasteiger partial charge is 0.378 e. The van der Waals surface area contributed by atoms with Gasteiger partial charge in [0.15, 0.2) is 0 Å². The van der Waals surface area contributed by atoms with E-state index < -0.39 is 0 Å². The van der Waals surface area contributed by atoms with Crippen molar-refractivity contribution in [1.29, 1.82) is 0 Å². The first-order valence-corrected chi connectivity index (χ1v) is 8.43. The highest BCUT2D eigenvalue weighted by atomic mass is 35.5. The number of pyridine rings is 1. The molecule has 2 heterocycles. The summed E-state index contributed by atoms with van der Waals surface area (Å²) in [4.78, 5) is 7.01. The van der Waals surface area contributed by atoms with Crippen LogP contribution in [0.2, 0.25) is 5.02 Å². The van der Waals surface area contributed by atoms with Gasteiger partial charge in [0.1, 0.15) is 5.82 Å². The van der Waals surface area contributed by atoms with E-state index in [-0.39, 0.29) is 0 Å². The van der Waals surface area contributed by atoms with Crippen molar-refractivity contribution in [3.8, 4) is 0 Å². The van der Waals surface area contributed by atoms with Crippen LogP contribution in [0, 0.1) is 0 Å². The Hall–Kier alpha value is -2.30. The molecule has 0 radical (unpaired) electrons. The van der Waals surface area contributed by atoms with E-state index in [1.165, 1.54) is 0 Å². The first-order valence-electron chi connectivity index (χ1n) is 8.05. The van der Waals surface area contributed by atoms with Gasteiger partial charge in [0.05, 0.1) is 35.1 Å². The fourth-order valence-corrected chi connectivity index (χ4v) is 3.26. The minimum Gasteiger partial charge on any atom is -0.378 e. The third-order valence-corrected chi connectivity index (χ3v) is 4.50. The molecule has 1 aliphatic rings. The van der Waals surface area contributed by atoms with Crippen molar-refractivity contribution in [2.75, 3.05) is 36.5 Å². The Morgan fingerprint density at radius 3 is 2.62 bits per heavy atom. The summed E-state index contributed by atoms with van der Waals surface area (Å²) in [6.07, 6.45) is 0. The maximum absolute atomic E-state index is 6.41. The fourth-order valence-electron chi connectivity index (χ4n) is 2.99.